The Balaban J connectivity index is 1.81. The summed E-state index contributed by atoms with van der Waals surface area (Å²) in [5.74, 6) is -0.289. The number of carbonyl (C=O) groups is 2. The molecular formula is C14H24N2O4. The van der Waals surface area contributed by atoms with Crippen LogP contribution in [0.4, 0.5) is 0 Å². The van der Waals surface area contributed by atoms with Crippen molar-refractivity contribution in [3.8, 4) is 0 Å². The maximum Gasteiger partial charge on any atom is 0.303 e. The minimum Gasteiger partial charge on any atom is -0.481 e. The number of piperidine rings is 1. The molecule has 2 saturated heterocycles. The third kappa shape index (κ3) is 3.70. The van der Waals surface area contributed by atoms with Gasteiger partial charge in [0.2, 0.25) is 5.91 Å². The molecule has 20 heavy (non-hydrogen) atoms. The Morgan fingerprint density at radius 1 is 1.25 bits per heavy atom. The van der Waals surface area contributed by atoms with E-state index in [4.69, 9.17) is 15.6 Å². The van der Waals surface area contributed by atoms with Crippen LogP contribution in [-0.4, -0.2) is 53.7 Å². The summed E-state index contributed by atoms with van der Waals surface area (Å²) in [6.45, 7) is 2.50. The molecule has 0 aromatic heterocycles. The maximum atomic E-state index is 12.5. The molecule has 2 fully saturated rings. The third-order valence-electron chi connectivity index (χ3n) is 4.48. The molecule has 1 amide bonds. The van der Waals surface area contributed by atoms with E-state index in [1.165, 1.54) is 0 Å². The van der Waals surface area contributed by atoms with Gasteiger partial charge in [0.1, 0.15) is 0 Å². The van der Waals surface area contributed by atoms with Crippen molar-refractivity contribution < 1.29 is 19.4 Å². The molecule has 0 atom stereocenters. The molecule has 2 aliphatic heterocycles. The molecule has 0 radical (unpaired) electrons. The Hall–Kier alpha value is -1.14. The monoisotopic (exact) mass is 284 g/mol. The molecule has 2 aliphatic rings. The van der Waals surface area contributed by atoms with Crippen molar-refractivity contribution >= 4 is 11.9 Å². The fourth-order valence-corrected chi connectivity index (χ4v) is 3.02. The lowest BCUT2D eigenvalue weighted by atomic mass is 9.87. The van der Waals surface area contributed by atoms with Gasteiger partial charge in [-0.3, -0.25) is 9.59 Å². The van der Waals surface area contributed by atoms with Crippen molar-refractivity contribution in [1.82, 2.24) is 4.90 Å². The summed E-state index contributed by atoms with van der Waals surface area (Å²) in [6.07, 6.45) is 3.86. The van der Waals surface area contributed by atoms with Crippen LogP contribution in [-0.2, 0) is 14.3 Å². The number of hydrogen-bond acceptors (Lipinski definition) is 4. The van der Waals surface area contributed by atoms with Gasteiger partial charge in [-0.2, -0.15) is 0 Å². The Bertz CT molecular complexity index is 358. The highest BCUT2D eigenvalue weighted by Gasteiger charge is 2.39. The van der Waals surface area contributed by atoms with Crippen molar-refractivity contribution in [2.24, 2.45) is 11.7 Å². The van der Waals surface area contributed by atoms with Crippen LogP contribution >= 0.6 is 0 Å². The first-order valence-electron chi connectivity index (χ1n) is 7.39. The van der Waals surface area contributed by atoms with Crippen LogP contribution in [0, 0.1) is 5.92 Å². The van der Waals surface area contributed by atoms with Crippen molar-refractivity contribution in [2.45, 2.75) is 44.1 Å². The van der Waals surface area contributed by atoms with Gasteiger partial charge in [-0.25, -0.2) is 0 Å². The number of amides is 1. The van der Waals surface area contributed by atoms with Crippen LogP contribution in [0.15, 0.2) is 0 Å². The number of likely N-dealkylation sites (tertiary alicyclic amines) is 1. The molecule has 0 aliphatic carbocycles. The van der Waals surface area contributed by atoms with Crippen LogP contribution in [0.25, 0.3) is 0 Å². The van der Waals surface area contributed by atoms with Gasteiger partial charge in [0.15, 0.2) is 0 Å². The minimum atomic E-state index is -0.758. The third-order valence-corrected chi connectivity index (χ3v) is 4.48. The molecule has 2 rings (SSSR count). The van der Waals surface area contributed by atoms with Crippen LogP contribution in [0.3, 0.4) is 0 Å². The summed E-state index contributed by atoms with van der Waals surface area (Å²) in [4.78, 5) is 24.9. The fourth-order valence-electron chi connectivity index (χ4n) is 3.02. The second kappa shape index (κ2) is 6.54. The number of aliphatic carboxylic acids is 1. The first kappa shape index (κ1) is 15.3. The quantitative estimate of drug-likeness (QED) is 0.788. The molecular weight excluding hydrogens is 260 g/mol. The minimum absolute atomic E-state index is 0.0393. The summed E-state index contributed by atoms with van der Waals surface area (Å²) in [7, 11) is 0. The Morgan fingerprint density at radius 3 is 2.40 bits per heavy atom. The second-order valence-electron chi connectivity index (χ2n) is 5.94. The SMILES string of the molecule is NC1(C(=O)N2CCC(CCC(=O)O)CC2)CCOCC1. The van der Waals surface area contributed by atoms with Gasteiger partial charge in [0, 0.05) is 32.7 Å². The molecule has 6 heteroatoms. The van der Waals surface area contributed by atoms with E-state index in [0.29, 0.717) is 51.5 Å². The Kier molecular flexibility index (Phi) is 4.99. The van der Waals surface area contributed by atoms with Gasteiger partial charge in [0.25, 0.3) is 0 Å². The lowest BCUT2D eigenvalue weighted by Crippen LogP contribution is -2.59. The summed E-state index contributed by atoms with van der Waals surface area (Å²) < 4.78 is 5.27. The van der Waals surface area contributed by atoms with Gasteiger partial charge >= 0.3 is 5.97 Å². The molecule has 0 saturated carbocycles. The number of hydrogen-bond donors (Lipinski definition) is 2. The topological polar surface area (TPSA) is 92.9 Å². The zero-order chi connectivity index (χ0) is 14.6. The number of ether oxygens (including phenoxy) is 1. The number of rotatable bonds is 4. The lowest BCUT2D eigenvalue weighted by molar-refractivity contribution is -0.142. The smallest absolute Gasteiger partial charge is 0.303 e. The largest absolute Gasteiger partial charge is 0.481 e. The van der Waals surface area contributed by atoms with Crippen molar-refractivity contribution in [3.05, 3.63) is 0 Å². The molecule has 114 valence electrons. The zero-order valence-corrected chi connectivity index (χ0v) is 11.8. The lowest BCUT2D eigenvalue weighted by Gasteiger charge is -2.39. The van der Waals surface area contributed by atoms with E-state index in [1.54, 1.807) is 0 Å². The summed E-state index contributed by atoms with van der Waals surface area (Å²) in [5.41, 5.74) is 5.46. The molecule has 0 spiro atoms. The van der Waals surface area contributed by atoms with Crippen LogP contribution in [0.1, 0.15) is 38.5 Å². The van der Waals surface area contributed by atoms with E-state index >= 15 is 0 Å². The predicted octanol–water partition coefficient (Wildman–Crippen LogP) is 0.598. The number of carbonyl (C=O) groups excluding carboxylic acids is 1. The van der Waals surface area contributed by atoms with Gasteiger partial charge in [-0.15, -0.1) is 0 Å². The van der Waals surface area contributed by atoms with E-state index in [9.17, 15) is 9.59 Å². The van der Waals surface area contributed by atoms with Crippen molar-refractivity contribution in [1.29, 1.82) is 0 Å². The molecule has 0 aromatic rings. The van der Waals surface area contributed by atoms with Gasteiger partial charge in [-0.1, -0.05) is 0 Å². The highest BCUT2D eigenvalue weighted by atomic mass is 16.5. The molecule has 0 unspecified atom stereocenters. The number of carboxylic acid groups (broad SMARTS) is 1. The average molecular weight is 284 g/mol. The van der Waals surface area contributed by atoms with Crippen LogP contribution in [0.5, 0.6) is 0 Å². The number of nitrogens with two attached hydrogens (primary N) is 1. The summed E-state index contributed by atoms with van der Waals surface area (Å²) in [6, 6.07) is 0. The highest BCUT2D eigenvalue weighted by molar-refractivity contribution is 5.86. The first-order valence-corrected chi connectivity index (χ1v) is 7.39. The predicted molar refractivity (Wildman–Crippen MR) is 73.1 cm³/mol. The first-order chi connectivity index (χ1) is 9.51. The molecule has 2 heterocycles. The van der Waals surface area contributed by atoms with Crippen molar-refractivity contribution in [2.75, 3.05) is 26.3 Å². The van der Waals surface area contributed by atoms with Gasteiger partial charge in [-0.05, 0) is 38.0 Å². The van der Waals surface area contributed by atoms with E-state index in [-0.39, 0.29) is 12.3 Å². The molecule has 0 aromatic carbocycles. The van der Waals surface area contributed by atoms with E-state index in [0.717, 1.165) is 12.8 Å². The highest BCUT2D eigenvalue weighted by Crippen LogP contribution is 2.26. The Morgan fingerprint density at radius 2 is 1.85 bits per heavy atom. The van der Waals surface area contributed by atoms with E-state index in [2.05, 4.69) is 0 Å². The molecule has 3 N–H and O–H groups in total. The summed E-state index contributed by atoms with van der Waals surface area (Å²) >= 11 is 0. The van der Waals surface area contributed by atoms with E-state index in [1.807, 2.05) is 4.90 Å². The second-order valence-corrected chi connectivity index (χ2v) is 5.94. The maximum absolute atomic E-state index is 12.5. The standard InChI is InChI=1S/C14H24N2O4/c15-14(5-9-20-10-6-14)13(19)16-7-3-11(4-8-16)1-2-12(17)18/h11H,1-10,15H2,(H,17,18). The average Bonchev–Trinajstić information content (AvgIpc) is 2.45. The molecule has 0 bridgehead atoms. The van der Waals surface area contributed by atoms with Crippen LogP contribution < -0.4 is 5.73 Å². The number of carboxylic acids is 1. The van der Waals surface area contributed by atoms with Crippen LogP contribution in [0.2, 0.25) is 0 Å². The fraction of sp³-hybridized carbons (Fsp3) is 0.857. The number of nitrogens with zero attached hydrogens (tertiary/aromatic N) is 1. The Labute approximate surface area is 119 Å². The van der Waals surface area contributed by atoms with Gasteiger partial charge < -0.3 is 20.5 Å². The van der Waals surface area contributed by atoms with E-state index < -0.39 is 11.5 Å². The zero-order valence-electron chi connectivity index (χ0n) is 11.8. The molecule has 6 nitrogen and oxygen atoms in total. The van der Waals surface area contributed by atoms with Gasteiger partial charge in [0.05, 0.1) is 5.54 Å². The normalized spacial score (nSPS) is 23.6. The van der Waals surface area contributed by atoms with Crippen molar-refractivity contribution in [3.63, 3.8) is 0 Å². The summed E-state index contributed by atoms with van der Waals surface area (Å²) in [5, 5.41) is 8.70.